The van der Waals surface area contributed by atoms with Crippen LogP contribution in [0.1, 0.15) is 0 Å². The van der Waals surface area contributed by atoms with Crippen molar-refractivity contribution in [3.63, 3.8) is 0 Å². The van der Waals surface area contributed by atoms with Gasteiger partial charge in [-0.25, -0.2) is 0 Å². The Bertz CT molecular complexity index is 1820. The first-order valence-electron chi connectivity index (χ1n) is 13.3. The van der Waals surface area contributed by atoms with Gasteiger partial charge >= 0.3 is 0 Å². The number of hydrogen-bond donors (Lipinski definition) is 0. The summed E-state index contributed by atoms with van der Waals surface area (Å²) in [6.07, 6.45) is 0. The molecule has 1 heteroatoms. The van der Waals surface area contributed by atoms with Crippen molar-refractivity contribution >= 4 is 10.8 Å². The molecule has 1 heterocycles. The van der Waals surface area contributed by atoms with Gasteiger partial charge in [0.2, 0.25) is 0 Å². The SMILES string of the molecule is c1ccc(-c2ccccc2-c2oc(-c3c(-c4ccccc4)cccc3-c3ccccc3)c3ccccc23)cc1. The molecule has 0 saturated carbocycles. The summed E-state index contributed by atoms with van der Waals surface area (Å²) in [5.41, 5.74) is 9.15. The first-order valence-corrected chi connectivity index (χ1v) is 13.3. The molecule has 0 spiro atoms. The van der Waals surface area contributed by atoms with Crippen LogP contribution >= 0.6 is 0 Å². The highest BCUT2D eigenvalue weighted by Crippen LogP contribution is 2.47. The van der Waals surface area contributed by atoms with Crippen LogP contribution in [0.25, 0.3) is 66.8 Å². The lowest BCUT2D eigenvalue weighted by Gasteiger charge is -2.15. The van der Waals surface area contributed by atoms with Crippen LogP contribution in [-0.2, 0) is 0 Å². The molecule has 1 aromatic heterocycles. The largest absolute Gasteiger partial charge is 0.455 e. The lowest BCUT2D eigenvalue weighted by molar-refractivity contribution is 0.602. The van der Waals surface area contributed by atoms with Crippen LogP contribution in [-0.4, -0.2) is 0 Å². The van der Waals surface area contributed by atoms with Crippen molar-refractivity contribution in [1.82, 2.24) is 0 Å². The molecule has 0 N–H and O–H groups in total. The molecule has 0 atom stereocenters. The van der Waals surface area contributed by atoms with Crippen molar-refractivity contribution in [2.75, 3.05) is 0 Å². The zero-order chi connectivity index (χ0) is 26.0. The zero-order valence-electron chi connectivity index (χ0n) is 21.4. The second-order valence-electron chi connectivity index (χ2n) is 9.68. The van der Waals surface area contributed by atoms with Gasteiger partial charge in [-0.05, 0) is 33.4 Å². The Morgan fingerprint density at radius 3 is 1.21 bits per heavy atom. The molecule has 0 aliphatic rings. The highest BCUT2D eigenvalue weighted by Gasteiger charge is 2.23. The summed E-state index contributed by atoms with van der Waals surface area (Å²) in [6.45, 7) is 0. The maximum Gasteiger partial charge on any atom is 0.143 e. The summed E-state index contributed by atoms with van der Waals surface area (Å²) in [7, 11) is 0. The smallest absolute Gasteiger partial charge is 0.143 e. The average molecular weight is 499 g/mol. The van der Waals surface area contributed by atoms with E-state index in [2.05, 4.69) is 158 Å². The van der Waals surface area contributed by atoms with Gasteiger partial charge in [0.05, 0.1) is 0 Å². The fourth-order valence-electron chi connectivity index (χ4n) is 5.54. The minimum atomic E-state index is 0.891. The standard InChI is InChI=1S/C38H26O/c1-4-15-27(16-5-1)30-21-10-11-22-33(30)37-34-23-12-13-24-35(34)38(39-37)36-31(28-17-6-2-7-18-28)25-14-26-32(36)29-19-8-3-9-20-29/h1-26H. The van der Waals surface area contributed by atoms with E-state index in [-0.39, 0.29) is 0 Å². The third-order valence-electron chi connectivity index (χ3n) is 7.34. The van der Waals surface area contributed by atoms with Crippen molar-refractivity contribution in [2.24, 2.45) is 0 Å². The molecule has 0 amide bonds. The van der Waals surface area contributed by atoms with Crippen LogP contribution in [0.3, 0.4) is 0 Å². The summed E-state index contributed by atoms with van der Waals surface area (Å²) in [4.78, 5) is 0. The molecule has 0 bridgehead atoms. The molecule has 0 unspecified atom stereocenters. The molecule has 1 nitrogen and oxygen atoms in total. The van der Waals surface area contributed by atoms with Gasteiger partial charge in [-0.3, -0.25) is 0 Å². The quantitative estimate of drug-likeness (QED) is 0.230. The lowest BCUT2D eigenvalue weighted by atomic mass is 9.89. The highest BCUT2D eigenvalue weighted by atomic mass is 16.3. The summed E-state index contributed by atoms with van der Waals surface area (Å²) >= 11 is 0. The van der Waals surface area contributed by atoms with Crippen molar-refractivity contribution < 1.29 is 4.42 Å². The van der Waals surface area contributed by atoms with Crippen molar-refractivity contribution in [3.05, 3.63) is 158 Å². The molecule has 0 aliphatic carbocycles. The molecule has 0 saturated heterocycles. The highest BCUT2D eigenvalue weighted by molar-refractivity contribution is 6.08. The summed E-state index contributed by atoms with van der Waals surface area (Å²) < 4.78 is 7.02. The molecule has 0 fully saturated rings. The van der Waals surface area contributed by atoms with Gasteiger partial charge in [0.1, 0.15) is 11.5 Å². The topological polar surface area (TPSA) is 13.1 Å². The Kier molecular flexibility index (Phi) is 5.88. The number of furan rings is 1. The molecule has 6 aromatic carbocycles. The van der Waals surface area contributed by atoms with Gasteiger partial charge in [0, 0.05) is 21.9 Å². The minimum absolute atomic E-state index is 0.891. The van der Waals surface area contributed by atoms with Gasteiger partial charge in [-0.1, -0.05) is 158 Å². The van der Waals surface area contributed by atoms with E-state index >= 15 is 0 Å². The van der Waals surface area contributed by atoms with Crippen molar-refractivity contribution in [3.8, 4) is 56.0 Å². The normalized spacial score (nSPS) is 11.1. The van der Waals surface area contributed by atoms with Crippen LogP contribution in [0, 0.1) is 0 Å². The molecule has 0 radical (unpaired) electrons. The van der Waals surface area contributed by atoms with Crippen LogP contribution in [0.4, 0.5) is 0 Å². The van der Waals surface area contributed by atoms with E-state index in [1.807, 2.05) is 0 Å². The first-order chi connectivity index (χ1) is 19.4. The van der Waals surface area contributed by atoms with Crippen LogP contribution in [0.5, 0.6) is 0 Å². The minimum Gasteiger partial charge on any atom is -0.455 e. The summed E-state index contributed by atoms with van der Waals surface area (Å²) in [6, 6.07) is 55.3. The molecule has 7 aromatic rings. The van der Waals surface area contributed by atoms with Gasteiger partial charge in [-0.2, -0.15) is 0 Å². The van der Waals surface area contributed by atoms with E-state index in [9.17, 15) is 0 Å². The molecule has 7 rings (SSSR count). The predicted molar refractivity (Wildman–Crippen MR) is 163 cm³/mol. The average Bonchev–Trinajstić information content (AvgIpc) is 3.41. The van der Waals surface area contributed by atoms with E-state index in [4.69, 9.17) is 4.42 Å². The Hall–Kier alpha value is -5.14. The third-order valence-corrected chi connectivity index (χ3v) is 7.34. The van der Waals surface area contributed by atoms with Gasteiger partial charge in [0.15, 0.2) is 0 Å². The zero-order valence-corrected chi connectivity index (χ0v) is 21.4. The van der Waals surface area contributed by atoms with E-state index < -0.39 is 0 Å². The molecule has 0 aliphatic heterocycles. The number of hydrogen-bond acceptors (Lipinski definition) is 1. The lowest BCUT2D eigenvalue weighted by Crippen LogP contribution is -1.90. The van der Waals surface area contributed by atoms with Gasteiger partial charge in [0.25, 0.3) is 0 Å². The second-order valence-corrected chi connectivity index (χ2v) is 9.68. The monoisotopic (exact) mass is 498 g/mol. The predicted octanol–water partition coefficient (Wildman–Crippen LogP) is 10.8. The van der Waals surface area contributed by atoms with Crippen LogP contribution in [0.15, 0.2) is 162 Å². The fourth-order valence-corrected chi connectivity index (χ4v) is 5.54. The first kappa shape index (κ1) is 23.0. The molecule has 39 heavy (non-hydrogen) atoms. The number of rotatable bonds is 5. The Morgan fingerprint density at radius 2 is 0.667 bits per heavy atom. The Balaban J connectivity index is 1.55. The molecular formula is C38H26O. The Labute approximate surface area is 228 Å². The van der Waals surface area contributed by atoms with Crippen molar-refractivity contribution in [1.29, 1.82) is 0 Å². The van der Waals surface area contributed by atoms with Gasteiger partial charge < -0.3 is 4.42 Å². The van der Waals surface area contributed by atoms with E-state index in [1.165, 1.54) is 5.56 Å². The summed E-state index contributed by atoms with van der Waals surface area (Å²) in [5.74, 6) is 1.78. The third kappa shape index (κ3) is 4.15. The van der Waals surface area contributed by atoms with E-state index in [0.29, 0.717) is 0 Å². The molecule has 184 valence electrons. The number of benzene rings is 6. The van der Waals surface area contributed by atoms with Gasteiger partial charge in [-0.15, -0.1) is 0 Å². The number of fused-ring (bicyclic) bond motifs is 1. The maximum atomic E-state index is 7.02. The Morgan fingerprint density at radius 1 is 0.282 bits per heavy atom. The van der Waals surface area contributed by atoms with Crippen molar-refractivity contribution in [2.45, 2.75) is 0 Å². The summed E-state index contributed by atoms with van der Waals surface area (Å²) in [5, 5.41) is 2.22. The van der Waals surface area contributed by atoms with Crippen LogP contribution < -0.4 is 0 Å². The van der Waals surface area contributed by atoms with Crippen LogP contribution in [0.2, 0.25) is 0 Å². The second kappa shape index (κ2) is 9.96. The maximum absolute atomic E-state index is 7.02. The fraction of sp³-hybridized carbons (Fsp3) is 0. The van der Waals surface area contributed by atoms with E-state index in [0.717, 1.165) is 61.2 Å². The van der Waals surface area contributed by atoms with E-state index in [1.54, 1.807) is 0 Å². The molecular weight excluding hydrogens is 472 g/mol.